The molecule has 0 fully saturated rings. The van der Waals surface area contributed by atoms with E-state index in [-0.39, 0.29) is 5.56 Å². The van der Waals surface area contributed by atoms with E-state index >= 15 is 0 Å². The Morgan fingerprint density at radius 3 is 2.46 bits per heavy atom. The van der Waals surface area contributed by atoms with E-state index in [1.807, 2.05) is 60.0 Å². The zero-order valence-corrected chi connectivity index (χ0v) is 13.7. The smallest absolute Gasteiger partial charge is 0.300 e. The van der Waals surface area contributed by atoms with Gasteiger partial charge in [0.1, 0.15) is 5.75 Å². The number of hydrogen-bond acceptors (Lipinski definition) is 5. The zero-order chi connectivity index (χ0) is 16.5. The van der Waals surface area contributed by atoms with E-state index in [4.69, 9.17) is 4.74 Å². The Morgan fingerprint density at radius 2 is 1.75 bits per heavy atom. The number of nitrogens with zero attached hydrogens (tertiary/aromatic N) is 3. The summed E-state index contributed by atoms with van der Waals surface area (Å²) in [5.41, 5.74) is 2.67. The van der Waals surface area contributed by atoms with E-state index in [1.54, 1.807) is 11.6 Å². The molecule has 24 heavy (non-hydrogen) atoms. The number of methoxy groups -OCH3 is 1. The van der Waals surface area contributed by atoms with Gasteiger partial charge in [0.15, 0.2) is 5.69 Å². The molecule has 118 valence electrons. The predicted molar refractivity (Wildman–Crippen MR) is 94.6 cm³/mol. The quantitative estimate of drug-likeness (QED) is 0.575. The summed E-state index contributed by atoms with van der Waals surface area (Å²) >= 11 is 1.39. The first kappa shape index (κ1) is 14.6. The van der Waals surface area contributed by atoms with Gasteiger partial charge in [-0.05, 0) is 24.3 Å². The molecule has 0 amide bonds. The summed E-state index contributed by atoms with van der Waals surface area (Å²) in [5, 5.41) is 6.49. The van der Waals surface area contributed by atoms with Crippen LogP contribution >= 0.6 is 11.3 Å². The average Bonchev–Trinajstić information content (AvgIpc) is 3.04. The summed E-state index contributed by atoms with van der Waals surface area (Å²) in [4.78, 5) is 17.0. The van der Waals surface area contributed by atoms with Crippen LogP contribution in [0.2, 0.25) is 0 Å². The summed E-state index contributed by atoms with van der Waals surface area (Å²) in [6, 6.07) is 17.1. The molecule has 2 aromatic carbocycles. The molecule has 5 nitrogen and oxygen atoms in total. The second kappa shape index (κ2) is 5.90. The second-order valence-corrected chi connectivity index (χ2v) is 6.01. The molecule has 0 saturated heterocycles. The van der Waals surface area contributed by atoms with Crippen molar-refractivity contribution in [3.05, 3.63) is 70.3 Å². The van der Waals surface area contributed by atoms with E-state index in [0.29, 0.717) is 10.7 Å². The van der Waals surface area contributed by atoms with Gasteiger partial charge in [-0.3, -0.25) is 4.79 Å². The summed E-state index contributed by atoms with van der Waals surface area (Å²) in [6.45, 7) is 0. The lowest BCUT2D eigenvalue weighted by molar-refractivity contribution is 0.415. The molecule has 6 heteroatoms. The Morgan fingerprint density at radius 1 is 1.00 bits per heavy atom. The lowest BCUT2D eigenvalue weighted by Crippen LogP contribution is -2.14. The van der Waals surface area contributed by atoms with Crippen molar-refractivity contribution >= 4 is 16.3 Å². The second-order valence-electron chi connectivity index (χ2n) is 5.18. The number of benzene rings is 2. The van der Waals surface area contributed by atoms with Crippen LogP contribution in [0.4, 0.5) is 0 Å². The third kappa shape index (κ3) is 2.47. The van der Waals surface area contributed by atoms with Gasteiger partial charge in [-0.2, -0.15) is 10.1 Å². The normalized spacial score (nSPS) is 10.9. The van der Waals surface area contributed by atoms with Crippen LogP contribution < -0.4 is 10.3 Å². The summed E-state index contributed by atoms with van der Waals surface area (Å²) < 4.78 is 6.91. The van der Waals surface area contributed by atoms with Gasteiger partial charge in [0.2, 0.25) is 4.96 Å². The molecule has 0 N–H and O–H groups in total. The van der Waals surface area contributed by atoms with Gasteiger partial charge in [0, 0.05) is 16.5 Å². The monoisotopic (exact) mass is 335 g/mol. The fourth-order valence-electron chi connectivity index (χ4n) is 2.49. The van der Waals surface area contributed by atoms with Crippen molar-refractivity contribution < 1.29 is 4.74 Å². The van der Waals surface area contributed by atoms with Gasteiger partial charge in [-0.15, -0.1) is 11.3 Å². The summed E-state index contributed by atoms with van der Waals surface area (Å²) in [7, 11) is 1.64. The minimum atomic E-state index is -0.315. The SMILES string of the molecule is COc1ccc(-c2csc3nc(=O)c(-c4ccccc4)nn23)cc1. The highest BCUT2D eigenvalue weighted by molar-refractivity contribution is 7.15. The van der Waals surface area contributed by atoms with Crippen molar-refractivity contribution in [1.29, 1.82) is 0 Å². The number of thiazole rings is 1. The molecule has 0 unspecified atom stereocenters. The van der Waals surface area contributed by atoms with Crippen molar-refractivity contribution in [3.8, 4) is 28.3 Å². The first-order valence-electron chi connectivity index (χ1n) is 7.35. The lowest BCUT2D eigenvalue weighted by atomic mass is 10.1. The summed E-state index contributed by atoms with van der Waals surface area (Å²) in [5.74, 6) is 0.793. The van der Waals surface area contributed by atoms with E-state index in [2.05, 4.69) is 10.1 Å². The van der Waals surface area contributed by atoms with E-state index in [0.717, 1.165) is 22.6 Å². The molecular formula is C18H13N3O2S. The third-order valence-electron chi connectivity index (χ3n) is 3.72. The Hall–Kier alpha value is -2.99. The molecule has 0 bridgehead atoms. The van der Waals surface area contributed by atoms with Crippen LogP contribution in [0, 0.1) is 0 Å². The largest absolute Gasteiger partial charge is 0.497 e. The van der Waals surface area contributed by atoms with Crippen molar-refractivity contribution in [2.75, 3.05) is 7.11 Å². The number of aromatic nitrogens is 3. The Kier molecular flexibility index (Phi) is 3.59. The van der Waals surface area contributed by atoms with Crippen LogP contribution in [0.1, 0.15) is 0 Å². The maximum absolute atomic E-state index is 12.3. The minimum absolute atomic E-state index is 0.315. The molecule has 0 radical (unpaired) electrons. The molecule has 2 heterocycles. The first-order valence-corrected chi connectivity index (χ1v) is 8.22. The molecule has 0 aliphatic heterocycles. The number of rotatable bonds is 3. The standard InChI is InChI=1S/C18H13N3O2S/c1-23-14-9-7-12(8-10-14)15-11-24-18-19-17(22)16(20-21(15)18)13-5-3-2-4-6-13/h2-11H,1H3. The maximum Gasteiger partial charge on any atom is 0.300 e. The molecule has 4 rings (SSSR count). The van der Waals surface area contributed by atoms with Gasteiger partial charge < -0.3 is 4.74 Å². The van der Waals surface area contributed by atoms with Crippen molar-refractivity contribution in [1.82, 2.24) is 14.6 Å². The van der Waals surface area contributed by atoms with Crippen LogP contribution in [-0.2, 0) is 0 Å². The van der Waals surface area contributed by atoms with Crippen LogP contribution in [0.15, 0.2) is 64.8 Å². The molecule has 0 aliphatic rings. The predicted octanol–water partition coefficient (Wildman–Crippen LogP) is 3.49. The third-order valence-corrected chi connectivity index (χ3v) is 4.53. The Labute approximate surface area is 141 Å². The molecule has 4 aromatic rings. The number of fused-ring (bicyclic) bond motifs is 1. The van der Waals surface area contributed by atoms with E-state index in [9.17, 15) is 4.79 Å². The van der Waals surface area contributed by atoms with Gasteiger partial charge >= 0.3 is 5.56 Å². The minimum Gasteiger partial charge on any atom is -0.497 e. The molecule has 2 aromatic heterocycles. The molecule has 0 aliphatic carbocycles. The van der Waals surface area contributed by atoms with Crippen LogP contribution in [-0.4, -0.2) is 21.7 Å². The highest BCUT2D eigenvalue weighted by Crippen LogP contribution is 2.26. The van der Waals surface area contributed by atoms with E-state index < -0.39 is 0 Å². The van der Waals surface area contributed by atoms with Crippen molar-refractivity contribution in [2.24, 2.45) is 0 Å². The van der Waals surface area contributed by atoms with Gasteiger partial charge in [-0.1, -0.05) is 30.3 Å². The van der Waals surface area contributed by atoms with Crippen molar-refractivity contribution in [2.45, 2.75) is 0 Å². The maximum atomic E-state index is 12.3. The fraction of sp³-hybridized carbons (Fsp3) is 0.0556. The lowest BCUT2D eigenvalue weighted by Gasteiger charge is -2.05. The zero-order valence-electron chi connectivity index (χ0n) is 12.8. The molecule has 0 saturated carbocycles. The molecule has 0 spiro atoms. The Bertz CT molecular complexity index is 1050. The number of hydrogen-bond donors (Lipinski definition) is 0. The summed E-state index contributed by atoms with van der Waals surface area (Å²) in [6.07, 6.45) is 0. The van der Waals surface area contributed by atoms with Gasteiger partial charge in [0.05, 0.1) is 12.8 Å². The Balaban J connectivity index is 1.90. The molecule has 0 atom stereocenters. The highest BCUT2D eigenvalue weighted by atomic mass is 32.1. The number of ether oxygens (including phenoxy) is 1. The molecular weight excluding hydrogens is 322 g/mol. The van der Waals surface area contributed by atoms with Crippen LogP contribution in [0.5, 0.6) is 5.75 Å². The average molecular weight is 335 g/mol. The fourth-order valence-corrected chi connectivity index (χ4v) is 3.32. The highest BCUT2D eigenvalue weighted by Gasteiger charge is 2.13. The van der Waals surface area contributed by atoms with Crippen molar-refractivity contribution in [3.63, 3.8) is 0 Å². The topological polar surface area (TPSA) is 56.5 Å². The van der Waals surface area contributed by atoms with Crippen LogP contribution in [0.25, 0.3) is 27.5 Å². The van der Waals surface area contributed by atoms with Gasteiger partial charge in [0.25, 0.3) is 0 Å². The first-order chi connectivity index (χ1) is 11.8. The van der Waals surface area contributed by atoms with E-state index in [1.165, 1.54) is 11.3 Å². The van der Waals surface area contributed by atoms with Gasteiger partial charge in [-0.25, -0.2) is 4.52 Å². The van der Waals surface area contributed by atoms with Crippen LogP contribution in [0.3, 0.4) is 0 Å².